The molecule has 35 heavy (non-hydrogen) atoms. The Morgan fingerprint density at radius 3 is 1.71 bits per heavy atom. The molecule has 0 radical (unpaired) electrons. The molecule has 0 aromatic heterocycles. The van der Waals surface area contributed by atoms with Crippen molar-refractivity contribution in [1.82, 2.24) is 14.7 Å². The van der Waals surface area contributed by atoms with Crippen molar-refractivity contribution in [3.8, 4) is 5.75 Å². The Morgan fingerprint density at radius 2 is 1.26 bits per heavy atom. The number of benzene rings is 1. The molecule has 1 rings (SSSR count). The van der Waals surface area contributed by atoms with Crippen LogP contribution in [-0.4, -0.2) is 124 Å². The fourth-order valence-electron chi connectivity index (χ4n) is 3.68. The van der Waals surface area contributed by atoms with E-state index in [9.17, 15) is 34.5 Å². The predicted molar refractivity (Wildman–Crippen MR) is 126 cm³/mol. The molecule has 1 aromatic carbocycles. The third-order valence-electron chi connectivity index (χ3n) is 5.27. The van der Waals surface area contributed by atoms with Crippen molar-refractivity contribution in [2.45, 2.75) is 26.3 Å². The zero-order valence-electron chi connectivity index (χ0n) is 20.1. The molecule has 0 aliphatic carbocycles. The van der Waals surface area contributed by atoms with E-state index >= 15 is 0 Å². The fourth-order valence-corrected chi connectivity index (χ4v) is 3.68. The summed E-state index contributed by atoms with van der Waals surface area (Å²) in [6.07, 6.45) is 0.274. The zero-order chi connectivity index (χ0) is 26.4. The summed E-state index contributed by atoms with van der Waals surface area (Å²) in [6, 6.07) is 6.48. The quantitative estimate of drug-likeness (QED) is 0.206. The molecule has 0 heterocycles. The third kappa shape index (κ3) is 12.7. The molecule has 1 atom stereocenters. The highest BCUT2D eigenvalue weighted by Gasteiger charge is 2.27. The number of carboxylic acid groups (broad SMARTS) is 4. The lowest BCUT2D eigenvalue weighted by molar-refractivity contribution is -0.144. The Labute approximate surface area is 204 Å². The maximum atomic E-state index is 11.5. The van der Waals surface area contributed by atoms with Gasteiger partial charge in [0.2, 0.25) is 0 Å². The molecule has 196 valence electrons. The van der Waals surface area contributed by atoms with Crippen LogP contribution in [0.5, 0.6) is 5.75 Å². The lowest BCUT2D eigenvalue weighted by atomic mass is 10.0. The van der Waals surface area contributed by atoms with Crippen LogP contribution >= 0.6 is 0 Å². The van der Waals surface area contributed by atoms with Gasteiger partial charge in [-0.2, -0.15) is 0 Å². The maximum Gasteiger partial charge on any atom is 0.317 e. The predicted octanol–water partition coefficient (Wildman–Crippen LogP) is 0.261. The van der Waals surface area contributed by atoms with Gasteiger partial charge in [0.15, 0.2) is 0 Å². The summed E-state index contributed by atoms with van der Waals surface area (Å²) < 4.78 is 5.43. The van der Waals surface area contributed by atoms with E-state index < -0.39 is 43.0 Å². The first-order valence-electron chi connectivity index (χ1n) is 11.3. The van der Waals surface area contributed by atoms with Gasteiger partial charge in [0, 0.05) is 25.7 Å². The molecule has 0 aliphatic heterocycles. The first-order valence-corrected chi connectivity index (χ1v) is 11.3. The van der Waals surface area contributed by atoms with Gasteiger partial charge in [-0.05, 0) is 37.6 Å². The van der Waals surface area contributed by atoms with Crippen LogP contribution in [0, 0.1) is 0 Å². The highest BCUT2D eigenvalue weighted by molar-refractivity contribution is 5.72. The van der Waals surface area contributed by atoms with Crippen LogP contribution in [0.2, 0.25) is 0 Å². The third-order valence-corrected chi connectivity index (χ3v) is 5.27. The largest absolute Gasteiger partial charge is 0.494 e. The van der Waals surface area contributed by atoms with Crippen molar-refractivity contribution in [2.24, 2.45) is 0 Å². The van der Waals surface area contributed by atoms with Gasteiger partial charge >= 0.3 is 23.9 Å². The Hall–Kier alpha value is -3.22. The number of carbonyl (C=O) groups is 4. The van der Waals surface area contributed by atoms with Crippen molar-refractivity contribution in [2.75, 3.05) is 59.0 Å². The molecule has 0 spiro atoms. The van der Waals surface area contributed by atoms with Gasteiger partial charge in [-0.3, -0.25) is 33.9 Å². The summed E-state index contributed by atoms with van der Waals surface area (Å²) in [4.78, 5) is 50.0. The van der Waals surface area contributed by atoms with Crippen molar-refractivity contribution < 1.29 is 44.3 Å². The highest BCUT2D eigenvalue weighted by Crippen LogP contribution is 2.16. The van der Waals surface area contributed by atoms with E-state index in [-0.39, 0.29) is 39.1 Å². The van der Waals surface area contributed by atoms with Crippen molar-refractivity contribution >= 4 is 23.9 Å². The number of aliphatic carboxylic acids is 4. The van der Waals surface area contributed by atoms with Crippen LogP contribution in [0.15, 0.2) is 24.3 Å². The lowest BCUT2D eigenvalue weighted by Crippen LogP contribution is -2.51. The van der Waals surface area contributed by atoms with Gasteiger partial charge in [-0.25, -0.2) is 0 Å². The Bertz CT molecular complexity index is 816. The van der Waals surface area contributed by atoms with Crippen LogP contribution < -0.4 is 4.74 Å². The number of nitrogens with zero attached hydrogens (tertiary/aromatic N) is 3. The molecule has 0 bridgehead atoms. The zero-order valence-corrected chi connectivity index (χ0v) is 20.1. The molecule has 1 unspecified atom stereocenters. The molecule has 12 heteroatoms. The van der Waals surface area contributed by atoms with E-state index in [4.69, 9.17) is 9.84 Å². The van der Waals surface area contributed by atoms with Crippen LogP contribution in [-0.2, 0) is 25.6 Å². The average Bonchev–Trinajstić information content (AvgIpc) is 2.75. The first-order chi connectivity index (χ1) is 16.5. The molecule has 0 amide bonds. The van der Waals surface area contributed by atoms with Gasteiger partial charge < -0.3 is 25.2 Å². The lowest BCUT2D eigenvalue weighted by Gasteiger charge is -2.34. The summed E-state index contributed by atoms with van der Waals surface area (Å²) in [5.41, 5.74) is 0.801. The number of rotatable bonds is 19. The molecule has 0 fully saturated rings. The Kier molecular flexibility index (Phi) is 13.3. The molecule has 0 aliphatic rings. The number of carboxylic acids is 4. The molecule has 0 saturated carbocycles. The minimum absolute atomic E-state index is 0.0741. The molecular weight excluding hydrogens is 462 g/mol. The Balaban J connectivity index is 3.16. The number of hydrogen-bond donors (Lipinski definition) is 4. The molecule has 4 N–H and O–H groups in total. The molecule has 1 aromatic rings. The van der Waals surface area contributed by atoms with E-state index in [2.05, 4.69) is 0 Å². The van der Waals surface area contributed by atoms with Crippen molar-refractivity contribution in [3.63, 3.8) is 0 Å². The van der Waals surface area contributed by atoms with E-state index in [0.29, 0.717) is 18.9 Å². The van der Waals surface area contributed by atoms with Gasteiger partial charge in [-0.1, -0.05) is 19.1 Å². The highest BCUT2D eigenvalue weighted by atomic mass is 16.5. The summed E-state index contributed by atoms with van der Waals surface area (Å²) in [7, 11) is 0. The smallest absolute Gasteiger partial charge is 0.317 e. The van der Waals surface area contributed by atoms with Gasteiger partial charge in [0.1, 0.15) is 5.75 Å². The van der Waals surface area contributed by atoms with Crippen molar-refractivity contribution in [3.05, 3.63) is 29.8 Å². The van der Waals surface area contributed by atoms with E-state index in [1.165, 1.54) is 4.90 Å². The van der Waals surface area contributed by atoms with E-state index in [1.807, 2.05) is 6.92 Å². The first kappa shape index (κ1) is 29.8. The van der Waals surface area contributed by atoms with E-state index in [0.717, 1.165) is 5.56 Å². The number of likely N-dealkylation sites (N-methyl/N-ethyl adjacent to an activating group) is 1. The summed E-state index contributed by atoms with van der Waals surface area (Å²) >= 11 is 0. The van der Waals surface area contributed by atoms with Gasteiger partial charge in [-0.15, -0.1) is 0 Å². The van der Waals surface area contributed by atoms with Crippen LogP contribution in [0.4, 0.5) is 0 Å². The number of ether oxygens (including phenoxy) is 1. The second-order valence-corrected chi connectivity index (χ2v) is 8.02. The Morgan fingerprint density at radius 1 is 0.771 bits per heavy atom. The normalized spacial score (nSPS) is 12.1. The van der Waals surface area contributed by atoms with Gasteiger partial charge in [0.05, 0.1) is 32.8 Å². The summed E-state index contributed by atoms with van der Waals surface area (Å²) in [6.45, 7) is 3.53. The molecule has 0 saturated heterocycles. The minimum Gasteiger partial charge on any atom is -0.494 e. The van der Waals surface area contributed by atoms with Crippen LogP contribution in [0.3, 0.4) is 0 Å². The van der Waals surface area contributed by atoms with Crippen molar-refractivity contribution in [1.29, 1.82) is 0 Å². The SMILES string of the molecule is CCOc1ccc(CC(CN(CCN(CC)CC(=O)O)CC(=O)O)N(CC(=O)O)CC(=O)O)cc1. The van der Waals surface area contributed by atoms with Crippen LogP contribution in [0.25, 0.3) is 0 Å². The van der Waals surface area contributed by atoms with Crippen LogP contribution in [0.1, 0.15) is 19.4 Å². The summed E-state index contributed by atoms with van der Waals surface area (Å²) in [5, 5.41) is 37.2. The second kappa shape index (κ2) is 15.6. The number of hydrogen-bond acceptors (Lipinski definition) is 8. The monoisotopic (exact) mass is 497 g/mol. The topological polar surface area (TPSA) is 168 Å². The molecular formula is C23H35N3O9. The molecule has 12 nitrogen and oxygen atoms in total. The van der Waals surface area contributed by atoms with Gasteiger partial charge in [0.25, 0.3) is 0 Å². The summed E-state index contributed by atoms with van der Waals surface area (Å²) in [5.74, 6) is -3.85. The van der Waals surface area contributed by atoms with E-state index in [1.54, 1.807) is 41.0 Å². The minimum atomic E-state index is -1.20. The average molecular weight is 498 g/mol. The maximum absolute atomic E-state index is 11.5. The standard InChI is InChI=1S/C23H35N3O9/c1-3-24(13-20(27)28)9-10-25(14-21(29)30)12-18(26(15-22(31)32)16-23(33)34)11-17-5-7-19(8-6-17)35-4-2/h5-8,18H,3-4,9-16H2,1-2H3,(H,27,28)(H,29,30)(H,31,32)(H,33,34). The second-order valence-electron chi connectivity index (χ2n) is 8.02. The fraction of sp³-hybridized carbons (Fsp3) is 0.565.